The van der Waals surface area contributed by atoms with Gasteiger partial charge in [0.05, 0.1) is 19.0 Å². The molecule has 1 aromatic carbocycles. The highest BCUT2D eigenvalue weighted by atomic mass is 32.2. The highest BCUT2D eigenvalue weighted by Gasteiger charge is 2.17. The third-order valence-electron chi connectivity index (χ3n) is 3.62. The van der Waals surface area contributed by atoms with Gasteiger partial charge in [-0.2, -0.15) is 0 Å². The van der Waals surface area contributed by atoms with Crippen molar-refractivity contribution >= 4 is 29.4 Å². The highest BCUT2D eigenvalue weighted by Crippen LogP contribution is 2.17. The van der Waals surface area contributed by atoms with E-state index in [-0.39, 0.29) is 11.8 Å². The minimum absolute atomic E-state index is 0.0663. The number of hydrogen-bond donors (Lipinski definition) is 1. The van der Waals surface area contributed by atoms with Crippen molar-refractivity contribution in [3.8, 4) is 0 Å². The number of nitrogens with zero attached hydrogens (tertiary/aromatic N) is 3. The molecule has 25 heavy (non-hydrogen) atoms. The summed E-state index contributed by atoms with van der Waals surface area (Å²) in [5, 5.41) is 11.4. The third kappa shape index (κ3) is 5.01. The van der Waals surface area contributed by atoms with E-state index in [2.05, 4.69) is 15.5 Å². The summed E-state index contributed by atoms with van der Waals surface area (Å²) >= 11 is 1.33. The molecule has 0 radical (unpaired) electrons. The Hall–Kier alpha value is -2.45. The lowest BCUT2D eigenvalue weighted by molar-refractivity contribution is -0.132. The molecular formula is C17H18N4O3S. The van der Waals surface area contributed by atoms with Crippen molar-refractivity contribution in [1.29, 1.82) is 0 Å². The third-order valence-corrected chi connectivity index (χ3v) is 4.53. The summed E-state index contributed by atoms with van der Waals surface area (Å²) in [5.41, 5.74) is 0.554. The van der Waals surface area contributed by atoms with Gasteiger partial charge in [0.15, 0.2) is 5.82 Å². The summed E-state index contributed by atoms with van der Waals surface area (Å²) in [6.07, 6.45) is 0. The molecule has 0 atom stereocenters. The maximum absolute atomic E-state index is 12.1. The van der Waals surface area contributed by atoms with Crippen LogP contribution < -0.4 is 5.32 Å². The predicted molar refractivity (Wildman–Crippen MR) is 94.6 cm³/mol. The van der Waals surface area contributed by atoms with E-state index in [1.165, 1.54) is 11.8 Å². The molecule has 1 aromatic heterocycles. The average Bonchev–Trinajstić information content (AvgIpc) is 2.68. The van der Waals surface area contributed by atoms with E-state index < -0.39 is 0 Å². The Morgan fingerprint density at radius 2 is 1.84 bits per heavy atom. The molecule has 8 heteroatoms. The average molecular weight is 358 g/mol. The van der Waals surface area contributed by atoms with Crippen LogP contribution in [-0.4, -0.2) is 59.0 Å². The number of carbonyl (C=O) groups is 2. The van der Waals surface area contributed by atoms with E-state index in [1.807, 2.05) is 6.07 Å². The molecule has 2 heterocycles. The molecule has 1 aliphatic rings. The quantitative estimate of drug-likeness (QED) is 0.819. The summed E-state index contributed by atoms with van der Waals surface area (Å²) in [4.78, 5) is 25.9. The van der Waals surface area contributed by atoms with E-state index in [0.29, 0.717) is 48.5 Å². The molecule has 0 unspecified atom stereocenters. The van der Waals surface area contributed by atoms with Crippen LogP contribution >= 0.6 is 11.8 Å². The van der Waals surface area contributed by atoms with Gasteiger partial charge in [0.25, 0.3) is 5.91 Å². The Morgan fingerprint density at radius 1 is 1.08 bits per heavy atom. The van der Waals surface area contributed by atoms with Crippen LogP contribution in [-0.2, 0) is 9.53 Å². The van der Waals surface area contributed by atoms with Crippen LogP contribution in [0.4, 0.5) is 5.82 Å². The number of anilines is 1. The molecule has 1 fully saturated rings. The summed E-state index contributed by atoms with van der Waals surface area (Å²) in [7, 11) is 0. The number of nitrogens with one attached hydrogen (secondary N) is 1. The lowest BCUT2D eigenvalue weighted by Crippen LogP contribution is -2.41. The van der Waals surface area contributed by atoms with Gasteiger partial charge in [-0.25, -0.2) is 0 Å². The molecule has 1 N–H and O–H groups in total. The minimum atomic E-state index is -0.238. The number of aromatic nitrogens is 2. The number of rotatable bonds is 5. The number of carbonyl (C=O) groups excluding carboxylic acids is 2. The van der Waals surface area contributed by atoms with E-state index in [0.717, 1.165) is 0 Å². The van der Waals surface area contributed by atoms with Gasteiger partial charge in [-0.15, -0.1) is 10.2 Å². The van der Waals surface area contributed by atoms with Crippen LogP contribution in [0.2, 0.25) is 0 Å². The van der Waals surface area contributed by atoms with Crippen LogP contribution in [0.3, 0.4) is 0 Å². The number of thioether (sulfide) groups is 1. The maximum atomic E-state index is 12.1. The lowest BCUT2D eigenvalue weighted by Gasteiger charge is -2.26. The number of benzene rings is 1. The number of morpholine rings is 1. The highest BCUT2D eigenvalue weighted by molar-refractivity contribution is 7.99. The van der Waals surface area contributed by atoms with Crippen molar-refractivity contribution in [1.82, 2.24) is 15.1 Å². The molecule has 130 valence electrons. The number of hydrogen-bond acceptors (Lipinski definition) is 6. The topological polar surface area (TPSA) is 84.4 Å². The summed E-state index contributed by atoms with van der Waals surface area (Å²) < 4.78 is 5.23. The van der Waals surface area contributed by atoms with Gasteiger partial charge in [-0.1, -0.05) is 30.0 Å². The fourth-order valence-electron chi connectivity index (χ4n) is 2.28. The second kappa shape index (κ2) is 8.59. The van der Waals surface area contributed by atoms with Crippen molar-refractivity contribution < 1.29 is 14.3 Å². The SMILES string of the molecule is O=C(Nc1ccc(SCC(=O)N2CCOCC2)nn1)c1ccccc1. The van der Waals surface area contributed by atoms with E-state index in [9.17, 15) is 9.59 Å². The van der Waals surface area contributed by atoms with Crippen molar-refractivity contribution in [3.05, 3.63) is 48.0 Å². The zero-order chi connectivity index (χ0) is 17.5. The Bertz CT molecular complexity index is 718. The normalized spacial score (nSPS) is 14.2. The van der Waals surface area contributed by atoms with Gasteiger partial charge in [-0.3, -0.25) is 9.59 Å². The Balaban J connectivity index is 1.50. The number of ether oxygens (including phenoxy) is 1. The van der Waals surface area contributed by atoms with Gasteiger partial charge in [0, 0.05) is 18.7 Å². The second-order valence-electron chi connectivity index (χ2n) is 5.36. The van der Waals surface area contributed by atoms with E-state index >= 15 is 0 Å². The molecule has 0 spiro atoms. The summed E-state index contributed by atoms with van der Waals surface area (Å²) in [6.45, 7) is 2.45. The van der Waals surface area contributed by atoms with Gasteiger partial charge in [0.2, 0.25) is 5.91 Å². The smallest absolute Gasteiger partial charge is 0.256 e. The monoisotopic (exact) mass is 358 g/mol. The maximum Gasteiger partial charge on any atom is 0.256 e. The first-order valence-corrected chi connectivity index (χ1v) is 8.89. The van der Waals surface area contributed by atoms with Crippen molar-refractivity contribution in [3.63, 3.8) is 0 Å². The number of amides is 2. The van der Waals surface area contributed by atoms with Crippen LogP contribution in [0.5, 0.6) is 0 Å². The first kappa shape index (κ1) is 17.4. The van der Waals surface area contributed by atoms with Crippen LogP contribution in [0.1, 0.15) is 10.4 Å². The zero-order valence-electron chi connectivity index (χ0n) is 13.6. The van der Waals surface area contributed by atoms with E-state index in [1.54, 1.807) is 41.3 Å². The molecule has 7 nitrogen and oxygen atoms in total. The molecular weight excluding hydrogens is 340 g/mol. The fourth-order valence-corrected chi connectivity index (χ4v) is 3.00. The Kier molecular flexibility index (Phi) is 5.97. The zero-order valence-corrected chi connectivity index (χ0v) is 14.4. The molecule has 0 saturated carbocycles. The minimum Gasteiger partial charge on any atom is -0.378 e. The fraction of sp³-hybridized carbons (Fsp3) is 0.294. The van der Waals surface area contributed by atoms with Gasteiger partial charge in [-0.05, 0) is 24.3 Å². The largest absolute Gasteiger partial charge is 0.378 e. The second-order valence-corrected chi connectivity index (χ2v) is 6.35. The van der Waals surface area contributed by atoms with Gasteiger partial charge in [0.1, 0.15) is 5.03 Å². The molecule has 2 amide bonds. The lowest BCUT2D eigenvalue weighted by atomic mass is 10.2. The first-order valence-electron chi connectivity index (χ1n) is 7.91. The first-order chi connectivity index (χ1) is 12.2. The van der Waals surface area contributed by atoms with Crippen LogP contribution in [0.25, 0.3) is 0 Å². The van der Waals surface area contributed by atoms with Crippen molar-refractivity contribution in [2.24, 2.45) is 0 Å². The Labute approximate surface area is 149 Å². The summed E-state index contributed by atoms with van der Waals surface area (Å²) in [5.74, 6) is 0.511. The molecule has 1 aliphatic heterocycles. The predicted octanol–water partition coefficient (Wildman–Crippen LogP) is 1.68. The Morgan fingerprint density at radius 3 is 2.52 bits per heavy atom. The standard InChI is InChI=1S/C17H18N4O3S/c22-16(21-8-10-24-11-9-21)12-25-15-7-6-14(19-20-15)18-17(23)13-4-2-1-3-5-13/h1-7H,8-12H2,(H,18,19,23). The van der Waals surface area contributed by atoms with E-state index in [4.69, 9.17) is 4.74 Å². The molecule has 2 aromatic rings. The van der Waals surface area contributed by atoms with Crippen LogP contribution in [0, 0.1) is 0 Å². The molecule has 0 bridgehead atoms. The van der Waals surface area contributed by atoms with Crippen molar-refractivity contribution in [2.75, 3.05) is 37.4 Å². The van der Waals surface area contributed by atoms with Crippen LogP contribution in [0.15, 0.2) is 47.5 Å². The molecule has 1 saturated heterocycles. The molecule has 0 aliphatic carbocycles. The van der Waals surface area contributed by atoms with Gasteiger partial charge < -0.3 is 15.0 Å². The molecule has 3 rings (SSSR count). The van der Waals surface area contributed by atoms with Gasteiger partial charge >= 0.3 is 0 Å². The summed E-state index contributed by atoms with van der Waals surface area (Å²) in [6, 6.07) is 12.3. The van der Waals surface area contributed by atoms with Crippen molar-refractivity contribution in [2.45, 2.75) is 5.03 Å².